The number of alkyl carbamates (subject to hydrolysis) is 1. The molecule has 2 amide bonds. The number of aliphatic carboxylic acids is 2. The molecule has 12 heteroatoms. The van der Waals surface area contributed by atoms with E-state index >= 15 is 0 Å². The largest absolute Gasteiger partial charge is 0.480 e. The number of aromatic nitrogens is 1. The van der Waals surface area contributed by atoms with E-state index in [0.717, 1.165) is 42.3 Å². The summed E-state index contributed by atoms with van der Waals surface area (Å²) in [4.78, 5) is 46.3. The summed E-state index contributed by atoms with van der Waals surface area (Å²) < 4.78 is 5.10. The van der Waals surface area contributed by atoms with Crippen molar-refractivity contribution in [2.24, 2.45) is 11.5 Å². The van der Waals surface area contributed by atoms with Gasteiger partial charge in [0.1, 0.15) is 11.6 Å². The number of aromatic amines is 1. The summed E-state index contributed by atoms with van der Waals surface area (Å²) >= 11 is 0. The minimum Gasteiger partial charge on any atom is -0.480 e. The third kappa shape index (κ3) is 11.7. The van der Waals surface area contributed by atoms with Crippen molar-refractivity contribution < 1.29 is 34.1 Å². The second kappa shape index (κ2) is 14.7. The van der Waals surface area contributed by atoms with E-state index in [0.29, 0.717) is 0 Å². The lowest BCUT2D eigenvalue weighted by atomic mass is 10.1. The van der Waals surface area contributed by atoms with E-state index in [1.54, 1.807) is 27.0 Å². The smallest absolute Gasteiger partial charge is 0.408 e. The topological polar surface area (TPSA) is 210 Å². The molecule has 1 unspecified atom stereocenters. The third-order valence-corrected chi connectivity index (χ3v) is 4.84. The standard InChI is InChI=1S/C16H20N2O4.C6H12N2O.C2H5NO2/c1-16(2,3)22-15(21)18-13(14(19)20)8-10-9-17-12-7-5-4-6-11(10)12;7-5-3-1-2-4-8-6(5)9;3-1-2(4)5/h4-7,9,13,17H,8H2,1-3H3,(H,18,21)(H,19,20);5H,1-4,7H2,(H,8,9);1,3H2,(H,4,5)/t;5-;/m.0./s1. The van der Waals surface area contributed by atoms with Gasteiger partial charge in [0.05, 0.1) is 12.6 Å². The highest BCUT2D eigenvalue weighted by Crippen LogP contribution is 2.19. The highest BCUT2D eigenvalue weighted by Gasteiger charge is 2.25. The van der Waals surface area contributed by atoms with Gasteiger partial charge in [-0.25, -0.2) is 9.59 Å². The molecule has 0 bridgehead atoms. The minimum atomic E-state index is -1.10. The molecule has 3 rings (SSSR count). The molecule has 200 valence electrons. The fourth-order valence-electron chi connectivity index (χ4n) is 3.13. The molecule has 1 fully saturated rings. The van der Waals surface area contributed by atoms with Crippen LogP contribution in [0.4, 0.5) is 4.79 Å². The Bertz CT molecular complexity index is 1020. The first-order chi connectivity index (χ1) is 16.8. The fraction of sp³-hybridized carbons (Fsp3) is 0.500. The van der Waals surface area contributed by atoms with Gasteiger partial charge in [-0.05, 0) is 51.7 Å². The predicted molar refractivity (Wildman–Crippen MR) is 134 cm³/mol. The van der Waals surface area contributed by atoms with Gasteiger partial charge in [-0.1, -0.05) is 18.2 Å². The van der Waals surface area contributed by atoms with Gasteiger partial charge in [0.25, 0.3) is 0 Å². The minimum absolute atomic E-state index is 0.00694. The number of fused-ring (bicyclic) bond motifs is 1. The highest BCUT2D eigenvalue weighted by molar-refractivity contribution is 5.85. The van der Waals surface area contributed by atoms with Crippen LogP contribution >= 0.6 is 0 Å². The van der Waals surface area contributed by atoms with Crippen molar-refractivity contribution in [3.8, 4) is 0 Å². The van der Waals surface area contributed by atoms with Crippen LogP contribution in [-0.4, -0.2) is 69.9 Å². The van der Waals surface area contributed by atoms with E-state index < -0.39 is 29.7 Å². The van der Waals surface area contributed by atoms with Crippen molar-refractivity contribution in [3.63, 3.8) is 0 Å². The quantitative estimate of drug-likeness (QED) is 0.311. The van der Waals surface area contributed by atoms with Crippen LogP contribution in [0.2, 0.25) is 0 Å². The number of benzene rings is 1. The first kappa shape index (κ1) is 30.4. The zero-order valence-electron chi connectivity index (χ0n) is 20.9. The maximum atomic E-state index is 11.8. The van der Waals surface area contributed by atoms with Crippen molar-refractivity contribution in [2.75, 3.05) is 13.1 Å². The average Bonchev–Trinajstić information content (AvgIpc) is 3.10. The van der Waals surface area contributed by atoms with Crippen LogP contribution in [0, 0.1) is 0 Å². The van der Waals surface area contributed by atoms with E-state index in [9.17, 15) is 24.3 Å². The van der Waals surface area contributed by atoms with Gasteiger partial charge in [0.15, 0.2) is 0 Å². The van der Waals surface area contributed by atoms with Crippen molar-refractivity contribution in [1.82, 2.24) is 15.6 Å². The number of carboxylic acids is 2. The summed E-state index contributed by atoms with van der Waals surface area (Å²) in [6, 6.07) is 6.30. The van der Waals surface area contributed by atoms with Gasteiger partial charge in [-0.2, -0.15) is 0 Å². The SMILES string of the molecule is CC(C)(C)OC(=O)NC(Cc1c[nH]c2ccccc12)C(=O)O.NCC(=O)O.N[C@H]1CCCCNC1=O. The lowest BCUT2D eigenvalue weighted by Gasteiger charge is -2.21. The van der Waals surface area contributed by atoms with Gasteiger partial charge >= 0.3 is 18.0 Å². The lowest BCUT2D eigenvalue weighted by molar-refractivity contribution is -0.139. The number of rotatable bonds is 5. The Kier molecular flexibility index (Phi) is 12.4. The molecule has 1 aliphatic rings. The van der Waals surface area contributed by atoms with Crippen LogP contribution in [0.1, 0.15) is 45.6 Å². The molecule has 2 atom stereocenters. The van der Waals surface area contributed by atoms with Crippen LogP contribution in [0.3, 0.4) is 0 Å². The van der Waals surface area contributed by atoms with Gasteiger partial charge in [-0.3, -0.25) is 9.59 Å². The number of para-hydroxylation sites is 1. The third-order valence-electron chi connectivity index (χ3n) is 4.84. The number of carbonyl (C=O) groups is 4. The molecule has 1 aliphatic heterocycles. The van der Waals surface area contributed by atoms with Gasteiger partial charge in [0, 0.05) is 30.1 Å². The number of nitrogens with two attached hydrogens (primary N) is 2. The molecule has 1 aromatic heterocycles. The molecule has 0 aliphatic carbocycles. The molecule has 0 radical (unpaired) electrons. The molecule has 12 nitrogen and oxygen atoms in total. The number of hydrogen-bond donors (Lipinski definition) is 7. The maximum absolute atomic E-state index is 11.8. The van der Waals surface area contributed by atoms with Gasteiger partial charge < -0.3 is 42.0 Å². The molecular weight excluding hydrogens is 470 g/mol. The Labute approximate surface area is 209 Å². The fourth-order valence-corrected chi connectivity index (χ4v) is 3.13. The second-order valence-electron chi connectivity index (χ2n) is 9.09. The molecule has 2 aromatic rings. The van der Waals surface area contributed by atoms with Crippen molar-refractivity contribution in [1.29, 1.82) is 0 Å². The van der Waals surface area contributed by atoms with Crippen molar-refractivity contribution >= 4 is 34.8 Å². The van der Waals surface area contributed by atoms with E-state index in [4.69, 9.17) is 15.6 Å². The van der Waals surface area contributed by atoms with Crippen LogP contribution in [0.25, 0.3) is 10.9 Å². The van der Waals surface area contributed by atoms with E-state index in [1.807, 2.05) is 24.3 Å². The molecule has 1 saturated heterocycles. The molecule has 0 spiro atoms. The summed E-state index contributed by atoms with van der Waals surface area (Å²) in [6.45, 7) is 5.69. The number of ether oxygens (including phenoxy) is 1. The molecule has 2 heterocycles. The summed E-state index contributed by atoms with van der Waals surface area (Å²) in [5, 5.41) is 23.0. The average molecular weight is 508 g/mol. The number of carbonyl (C=O) groups excluding carboxylic acids is 2. The Hall–Kier alpha value is -3.64. The number of carboxylic acid groups (broad SMARTS) is 2. The van der Waals surface area contributed by atoms with Crippen molar-refractivity contribution in [3.05, 3.63) is 36.0 Å². The summed E-state index contributed by atoms with van der Waals surface area (Å²) in [5.41, 5.74) is 11.1. The van der Waals surface area contributed by atoms with E-state index in [1.165, 1.54) is 0 Å². The van der Waals surface area contributed by atoms with E-state index in [2.05, 4.69) is 21.4 Å². The lowest BCUT2D eigenvalue weighted by Crippen LogP contribution is -2.44. The number of hydrogen-bond acceptors (Lipinski definition) is 7. The summed E-state index contributed by atoms with van der Waals surface area (Å²) in [5.74, 6) is -2.06. The van der Waals surface area contributed by atoms with Crippen LogP contribution in [-0.2, 0) is 25.5 Å². The zero-order valence-corrected chi connectivity index (χ0v) is 20.9. The number of amides is 2. The number of nitrogens with one attached hydrogen (secondary N) is 3. The van der Waals surface area contributed by atoms with Gasteiger partial charge in [-0.15, -0.1) is 0 Å². The highest BCUT2D eigenvalue weighted by atomic mass is 16.6. The monoisotopic (exact) mass is 507 g/mol. The van der Waals surface area contributed by atoms with Gasteiger partial charge in [0.2, 0.25) is 5.91 Å². The Morgan fingerprint density at radius 2 is 1.83 bits per heavy atom. The zero-order chi connectivity index (χ0) is 27.3. The Morgan fingerprint density at radius 1 is 1.19 bits per heavy atom. The first-order valence-electron chi connectivity index (χ1n) is 11.6. The number of H-pyrrole nitrogens is 1. The Morgan fingerprint density at radius 3 is 2.42 bits per heavy atom. The molecule has 36 heavy (non-hydrogen) atoms. The molecule has 9 N–H and O–H groups in total. The Balaban J connectivity index is 0.000000379. The summed E-state index contributed by atoms with van der Waals surface area (Å²) in [7, 11) is 0. The molecule has 0 saturated carbocycles. The van der Waals surface area contributed by atoms with Crippen LogP contribution < -0.4 is 22.1 Å². The molecular formula is C24H37N5O7. The maximum Gasteiger partial charge on any atom is 0.408 e. The second-order valence-corrected chi connectivity index (χ2v) is 9.09. The van der Waals surface area contributed by atoms with Crippen molar-refractivity contribution in [2.45, 2.75) is 64.1 Å². The van der Waals surface area contributed by atoms with Crippen LogP contribution in [0.15, 0.2) is 30.5 Å². The summed E-state index contributed by atoms with van der Waals surface area (Å²) in [6.07, 6.45) is 4.18. The van der Waals surface area contributed by atoms with Crippen LogP contribution in [0.5, 0.6) is 0 Å². The first-order valence-corrected chi connectivity index (χ1v) is 11.6. The normalized spacial score (nSPS) is 16.1. The van der Waals surface area contributed by atoms with E-state index in [-0.39, 0.29) is 24.9 Å². The molecule has 1 aromatic carbocycles. The predicted octanol–water partition coefficient (Wildman–Crippen LogP) is 1.33.